The van der Waals surface area contributed by atoms with Crippen molar-refractivity contribution in [2.24, 2.45) is 0 Å². The highest BCUT2D eigenvalue weighted by Crippen LogP contribution is 2.30. The summed E-state index contributed by atoms with van der Waals surface area (Å²) in [6.45, 7) is 2.06. The average Bonchev–Trinajstić information content (AvgIpc) is 2.87. The minimum atomic E-state index is 0.0932. The lowest BCUT2D eigenvalue weighted by atomic mass is 10.1. The molecule has 3 unspecified atom stereocenters. The molecule has 4 nitrogen and oxygen atoms in total. The molecule has 0 aromatic heterocycles. The van der Waals surface area contributed by atoms with Gasteiger partial charge in [0.2, 0.25) is 0 Å². The van der Waals surface area contributed by atoms with Crippen LogP contribution in [0.25, 0.3) is 0 Å². The van der Waals surface area contributed by atoms with Gasteiger partial charge in [0, 0.05) is 24.8 Å². The molecule has 2 rings (SSSR count). The van der Waals surface area contributed by atoms with E-state index < -0.39 is 0 Å². The van der Waals surface area contributed by atoms with Crippen molar-refractivity contribution >= 4 is 0 Å². The molecule has 19 heavy (non-hydrogen) atoms. The van der Waals surface area contributed by atoms with Crippen molar-refractivity contribution in [3.8, 4) is 11.5 Å². The zero-order valence-electron chi connectivity index (χ0n) is 11.8. The SMILES string of the molecule is COc1ccc(O)c(C(C)NC2CCC(OC)C2)c1. The summed E-state index contributed by atoms with van der Waals surface area (Å²) in [5.41, 5.74) is 0.875. The Morgan fingerprint density at radius 2 is 2.11 bits per heavy atom. The van der Waals surface area contributed by atoms with Gasteiger partial charge in [0.05, 0.1) is 13.2 Å². The van der Waals surface area contributed by atoms with Gasteiger partial charge in [-0.05, 0) is 44.4 Å². The first-order valence-corrected chi connectivity index (χ1v) is 6.79. The molecule has 0 radical (unpaired) electrons. The van der Waals surface area contributed by atoms with Crippen molar-refractivity contribution in [2.75, 3.05) is 14.2 Å². The summed E-state index contributed by atoms with van der Waals surface area (Å²) in [6, 6.07) is 5.87. The first-order valence-electron chi connectivity index (χ1n) is 6.79. The largest absolute Gasteiger partial charge is 0.508 e. The zero-order chi connectivity index (χ0) is 13.8. The Labute approximate surface area is 114 Å². The molecular weight excluding hydrogens is 242 g/mol. The highest BCUT2D eigenvalue weighted by atomic mass is 16.5. The average molecular weight is 265 g/mol. The lowest BCUT2D eigenvalue weighted by Gasteiger charge is -2.21. The maximum Gasteiger partial charge on any atom is 0.120 e. The van der Waals surface area contributed by atoms with E-state index in [0.29, 0.717) is 17.9 Å². The van der Waals surface area contributed by atoms with Gasteiger partial charge in [-0.2, -0.15) is 0 Å². The van der Waals surface area contributed by atoms with Gasteiger partial charge < -0.3 is 19.9 Å². The van der Waals surface area contributed by atoms with Crippen LogP contribution < -0.4 is 10.1 Å². The predicted octanol–water partition coefficient (Wildman–Crippen LogP) is 2.62. The molecule has 0 bridgehead atoms. The number of phenolic OH excluding ortho intramolecular Hbond substituents is 1. The third-order valence-corrected chi connectivity index (χ3v) is 3.90. The monoisotopic (exact) mass is 265 g/mol. The van der Waals surface area contributed by atoms with Gasteiger partial charge in [0.25, 0.3) is 0 Å². The third-order valence-electron chi connectivity index (χ3n) is 3.90. The van der Waals surface area contributed by atoms with Crippen molar-refractivity contribution in [3.05, 3.63) is 23.8 Å². The number of ether oxygens (including phenoxy) is 2. The van der Waals surface area contributed by atoms with Crippen LogP contribution in [0.2, 0.25) is 0 Å². The van der Waals surface area contributed by atoms with Gasteiger partial charge in [-0.25, -0.2) is 0 Å². The molecule has 106 valence electrons. The van der Waals surface area contributed by atoms with Crippen LogP contribution in [0.5, 0.6) is 11.5 Å². The molecular formula is C15H23NO3. The summed E-state index contributed by atoms with van der Waals surface area (Å²) in [5, 5.41) is 13.5. The molecule has 1 aliphatic rings. The Bertz CT molecular complexity index is 422. The van der Waals surface area contributed by atoms with E-state index in [1.54, 1.807) is 26.4 Å². The molecule has 1 aromatic rings. The molecule has 0 saturated heterocycles. The number of nitrogens with one attached hydrogen (secondary N) is 1. The van der Waals surface area contributed by atoms with Crippen molar-refractivity contribution in [3.63, 3.8) is 0 Å². The molecule has 0 spiro atoms. The molecule has 4 heteroatoms. The van der Waals surface area contributed by atoms with Gasteiger partial charge in [0.1, 0.15) is 11.5 Å². The fourth-order valence-corrected chi connectivity index (χ4v) is 2.76. The summed E-state index contributed by atoms with van der Waals surface area (Å²) >= 11 is 0. The topological polar surface area (TPSA) is 50.7 Å². The van der Waals surface area contributed by atoms with Crippen LogP contribution in [0.4, 0.5) is 0 Å². The molecule has 0 heterocycles. The fourth-order valence-electron chi connectivity index (χ4n) is 2.76. The van der Waals surface area contributed by atoms with Crippen LogP contribution in [0.1, 0.15) is 37.8 Å². The first kappa shape index (κ1) is 14.2. The van der Waals surface area contributed by atoms with Crippen molar-refractivity contribution < 1.29 is 14.6 Å². The van der Waals surface area contributed by atoms with Gasteiger partial charge in [0.15, 0.2) is 0 Å². The standard InChI is InChI=1S/C15H23NO3/c1-10(16-11-4-5-12(8-11)18-2)14-9-13(19-3)6-7-15(14)17/h6-7,9-12,16-17H,4-5,8H2,1-3H3. The second kappa shape index (κ2) is 6.26. The number of hydrogen-bond donors (Lipinski definition) is 2. The van der Waals surface area contributed by atoms with Crippen LogP contribution in [0.15, 0.2) is 18.2 Å². The van der Waals surface area contributed by atoms with Crippen molar-refractivity contribution in [1.29, 1.82) is 0 Å². The van der Waals surface area contributed by atoms with Crippen LogP contribution in [-0.4, -0.2) is 31.5 Å². The first-order chi connectivity index (χ1) is 9.13. The molecule has 0 amide bonds. The maximum absolute atomic E-state index is 9.95. The van der Waals surface area contributed by atoms with Crippen molar-refractivity contribution in [2.45, 2.75) is 44.4 Å². The smallest absolute Gasteiger partial charge is 0.120 e. The maximum atomic E-state index is 9.95. The van der Waals surface area contributed by atoms with Crippen molar-refractivity contribution in [1.82, 2.24) is 5.32 Å². The van der Waals surface area contributed by atoms with Crippen LogP contribution >= 0.6 is 0 Å². The van der Waals surface area contributed by atoms with Crippen LogP contribution in [-0.2, 0) is 4.74 Å². The Morgan fingerprint density at radius 1 is 1.32 bits per heavy atom. The number of benzene rings is 1. The second-order valence-electron chi connectivity index (χ2n) is 5.18. The van der Waals surface area contributed by atoms with Gasteiger partial charge in [-0.15, -0.1) is 0 Å². The van der Waals surface area contributed by atoms with E-state index in [-0.39, 0.29) is 6.04 Å². The molecule has 3 atom stereocenters. The van der Waals surface area contributed by atoms with Crippen LogP contribution in [0.3, 0.4) is 0 Å². The Kier molecular flexibility index (Phi) is 4.66. The highest BCUT2D eigenvalue weighted by molar-refractivity contribution is 5.41. The summed E-state index contributed by atoms with van der Waals surface area (Å²) in [7, 11) is 3.40. The highest BCUT2D eigenvalue weighted by Gasteiger charge is 2.26. The summed E-state index contributed by atoms with van der Waals surface area (Å²) < 4.78 is 10.6. The fraction of sp³-hybridized carbons (Fsp3) is 0.600. The van der Waals surface area contributed by atoms with E-state index in [0.717, 1.165) is 30.6 Å². The third kappa shape index (κ3) is 3.39. The second-order valence-corrected chi connectivity index (χ2v) is 5.18. The molecule has 2 N–H and O–H groups in total. The van der Waals surface area contributed by atoms with E-state index in [9.17, 15) is 5.11 Å². The summed E-state index contributed by atoms with van der Waals surface area (Å²) in [4.78, 5) is 0. The zero-order valence-corrected chi connectivity index (χ0v) is 11.8. The molecule has 1 aliphatic carbocycles. The Balaban J connectivity index is 2.01. The number of rotatable bonds is 5. The molecule has 1 aromatic carbocycles. The van der Waals surface area contributed by atoms with E-state index >= 15 is 0 Å². The van der Waals surface area contributed by atoms with E-state index in [1.807, 2.05) is 6.07 Å². The Morgan fingerprint density at radius 3 is 2.74 bits per heavy atom. The minimum absolute atomic E-state index is 0.0932. The number of aromatic hydroxyl groups is 1. The van der Waals surface area contributed by atoms with Gasteiger partial charge >= 0.3 is 0 Å². The Hall–Kier alpha value is -1.26. The van der Waals surface area contributed by atoms with E-state index in [4.69, 9.17) is 9.47 Å². The number of phenols is 1. The van der Waals surface area contributed by atoms with Crippen LogP contribution in [0, 0.1) is 0 Å². The van der Waals surface area contributed by atoms with Gasteiger partial charge in [-0.1, -0.05) is 0 Å². The van der Waals surface area contributed by atoms with E-state index in [2.05, 4.69) is 12.2 Å². The van der Waals surface area contributed by atoms with E-state index in [1.165, 1.54) is 0 Å². The summed E-state index contributed by atoms with van der Waals surface area (Å²) in [5.74, 6) is 1.07. The number of methoxy groups -OCH3 is 2. The molecule has 1 saturated carbocycles. The molecule has 0 aliphatic heterocycles. The normalized spacial score (nSPS) is 24.4. The number of hydrogen-bond acceptors (Lipinski definition) is 4. The lowest BCUT2D eigenvalue weighted by molar-refractivity contribution is 0.106. The van der Waals surface area contributed by atoms with Gasteiger partial charge in [-0.3, -0.25) is 0 Å². The quantitative estimate of drug-likeness (QED) is 0.859. The summed E-state index contributed by atoms with van der Waals surface area (Å²) in [6.07, 6.45) is 3.62. The minimum Gasteiger partial charge on any atom is -0.508 e. The lowest BCUT2D eigenvalue weighted by Crippen LogP contribution is -2.30. The predicted molar refractivity (Wildman–Crippen MR) is 74.6 cm³/mol. The molecule has 1 fully saturated rings.